The maximum Gasteiger partial charge on any atom is 0.315 e. The Morgan fingerprint density at radius 3 is 1.96 bits per heavy atom. The van der Waals surface area contributed by atoms with Crippen LogP contribution >= 0.6 is 0 Å². The zero-order chi connectivity index (χ0) is 57.9. The second-order valence-electron chi connectivity index (χ2n) is 26.1. The lowest BCUT2D eigenvalue weighted by atomic mass is 9.33. The topological polar surface area (TPSA) is 377 Å². The molecule has 24 heteroatoms. The molecule has 4 aliphatic heterocycles. The number of allylic oxidation sites excluding steroid dienone is 2. The molecule has 4 saturated heterocycles. The van der Waals surface area contributed by atoms with Crippen molar-refractivity contribution in [3.05, 3.63) is 11.6 Å². The highest BCUT2D eigenvalue weighted by Crippen LogP contribution is 2.76. The van der Waals surface area contributed by atoms with Crippen molar-refractivity contribution >= 4 is 17.9 Å². The molecule has 4 saturated carbocycles. The summed E-state index contributed by atoms with van der Waals surface area (Å²) >= 11 is 0. The maximum absolute atomic E-state index is 15.2. The average molecular weight is 1130 g/mol. The molecule has 0 amide bonds. The van der Waals surface area contributed by atoms with E-state index in [9.17, 15) is 70.9 Å². The van der Waals surface area contributed by atoms with Crippen LogP contribution in [0.3, 0.4) is 0 Å². The van der Waals surface area contributed by atoms with E-state index in [2.05, 4.69) is 40.7 Å². The minimum Gasteiger partial charge on any atom is -0.481 e. The van der Waals surface area contributed by atoms with Crippen LogP contribution in [0.1, 0.15) is 120 Å². The van der Waals surface area contributed by atoms with E-state index in [1.165, 1.54) is 13.8 Å². The number of hydrogen-bond donors (Lipinski definition) is 12. The number of fused-ring (bicyclic) bond motifs is 7. The number of carbonyl (C=O) groups is 3. The van der Waals surface area contributed by atoms with Gasteiger partial charge < -0.3 is 104 Å². The van der Waals surface area contributed by atoms with Crippen molar-refractivity contribution in [3.8, 4) is 0 Å². The van der Waals surface area contributed by atoms with Crippen LogP contribution in [-0.2, 0) is 57.0 Å². The molecule has 9 aliphatic rings. The van der Waals surface area contributed by atoms with Gasteiger partial charge in [-0.2, -0.15) is 0 Å². The average Bonchev–Trinajstić information content (AvgIpc) is 3.57. The van der Waals surface area contributed by atoms with Crippen molar-refractivity contribution in [3.63, 3.8) is 0 Å². The van der Waals surface area contributed by atoms with E-state index in [1.807, 2.05) is 0 Å². The quantitative estimate of drug-likeness (QED) is 0.0651. The number of carbonyl (C=O) groups excluding carboxylic acids is 2. The van der Waals surface area contributed by atoms with Gasteiger partial charge in [0.1, 0.15) is 79.4 Å². The summed E-state index contributed by atoms with van der Waals surface area (Å²) in [7, 11) is 0. The van der Waals surface area contributed by atoms with Gasteiger partial charge in [0, 0.05) is 6.92 Å². The zero-order valence-corrected chi connectivity index (χ0v) is 46.3. The fourth-order valence-corrected chi connectivity index (χ4v) is 16.4. The molecule has 450 valence electrons. The first-order valence-electron chi connectivity index (χ1n) is 28.1. The second-order valence-corrected chi connectivity index (χ2v) is 26.1. The van der Waals surface area contributed by atoms with Crippen molar-refractivity contribution in [1.82, 2.24) is 0 Å². The van der Waals surface area contributed by atoms with Gasteiger partial charge in [-0.05, 0) is 117 Å². The number of rotatable bonds is 12. The summed E-state index contributed by atoms with van der Waals surface area (Å²) in [5.74, 6) is -2.70. The molecular weight excluding hydrogens is 1040 g/mol. The van der Waals surface area contributed by atoms with Gasteiger partial charge >= 0.3 is 17.9 Å². The lowest BCUT2D eigenvalue weighted by molar-refractivity contribution is -0.361. The molecule has 0 aromatic heterocycles. The summed E-state index contributed by atoms with van der Waals surface area (Å²) in [6.45, 7) is 13.9. The lowest BCUT2D eigenvalue weighted by Gasteiger charge is -2.71. The van der Waals surface area contributed by atoms with Gasteiger partial charge in [-0.25, -0.2) is 0 Å². The predicted molar refractivity (Wildman–Crippen MR) is 267 cm³/mol. The van der Waals surface area contributed by atoms with Gasteiger partial charge in [0.05, 0.1) is 42.9 Å². The molecule has 24 nitrogen and oxygen atoms in total. The first-order chi connectivity index (χ1) is 36.9. The van der Waals surface area contributed by atoms with E-state index in [0.717, 1.165) is 24.8 Å². The van der Waals surface area contributed by atoms with Crippen molar-refractivity contribution < 1.29 is 118 Å². The summed E-state index contributed by atoms with van der Waals surface area (Å²) in [5.41, 5.74) is -2.95. The first-order valence-corrected chi connectivity index (χ1v) is 28.1. The molecule has 0 radical (unpaired) electrons. The van der Waals surface area contributed by atoms with Crippen LogP contribution in [0.2, 0.25) is 0 Å². The number of esters is 2. The summed E-state index contributed by atoms with van der Waals surface area (Å²) in [6.07, 6.45) is -23.3. The molecule has 0 spiro atoms. The van der Waals surface area contributed by atoms with E-state index < -0.39 is 175 Å². The van der Waals surface area contributed by atoms with Crippen LogP contribution in [-0.4, -0.2) is 222 Å². The molecule has 5 aliphatic carbocycles. The summed E-state index contributed by atoms with van der Waals surface area (Å²) < 4.78 is 52.6. The summed E-state index contributed by atoms with van der Waals surface area (Å²) in [6, 6.07) is 0. The Balaban J connectivity index is 0.912. The number of aliphatic hydroxyl groups excluding tert-OH is 11. The molecule has 12 N–H and O–H groups in total. The van der Waals surface area contributed by atoms with E-state index in [-0.39, 0.29) is 54.6 Å². The third-order valence-electron chi connectivity index (χ3n) is 21.5. The Labute approximate surface area is 459 Å². The normalized spacial score (nSPS) is 52.5. The molecule has 0 bridgehead atoms. The Kier molecular flexibility index (Phi) is 17.1. The third-order valence-corrected chi connectivity index (χ3v) is 21.5. The van der Waals surface area contributed by atoms with Crippen molar-refractivity contribution in [2.75, 3.05) is 19.8 Å². The largest absolute Gasteiger partial charge is 0.481 e. The molecule has 8 fully saturated rings. The SMILES string of the molecule is CC(=O)O[C@@H]1[C@@H](O[C@H]2CC[C@]3(C)[C@H](CC[C@]4(C)[C@H]3CC=C3[C@@H]5C[C@@](C)(C(=O)O)CC[C@]5(C(=O)O[C@H]5O[C@H](CO[C@@H]6O[C@@H](CO)[C@H](O[C@@H]7O[C@@H](C)[C@@H](O)[C@@H](O)[C@@H]7O)[C@@H](O)[C@H]6O)[C@H](O)[C@H](O)[C@H]5O)CC[C@@]34C)C2(C)C)OC[C@H](O)[C@@H]1O. The standard InChI is InChI=1S/C55H86O24/c1-23-33(59)36(62)39(65)45(73-23)78-42-28(20-56)75-44(41(67)38(42)64)72-22-29-35(61)37(63)40(66)46(76-29)79-49(70)55-17-15-51(5,48(68)69)19-26(55)25-9-10-31-52(6)13-12-32(77-47-43(74-24(2)57)34(60)27(58)21-71-47)50(3,4)30(52)11-14-54(31,8)53(25,7)16-18-55/h9,23,26-47,56,58-67H,10-22H2,1-8H3,(H,68,69)/t23-,26-,27-,28-,29+,30+,31-,32-,33+,34-,35-,36+,37-,38-,39-,40+,41+,42-,43-,44+,45-,46+,47+,51-,52+,53-,54+,55-/m0/s1. The van der Waals surface area contributed by atoms with Gasteiger partial charge in [0.25, 0.3) is 0 Å². The Hall–Kier alpha value is -2.57. The number of aliphatic carboxylic acids is 1. The predicted octanol–water partition coefficient (Wildman–Crippen LogP) is -0.733. The van der Waals surface area contributed by atoms with Crippen LogP contribution in [0, 0.1) is 50.2 Å². The van der Waals surface area contributed by atoms with E-state index in [4.69, 9.17) is 42.6 Å². The monoisotopic (exact) mass is 1130 g/mol. The van der Waals surface area contributed by atoms with Gasteiger partial charge in [0.15, 0.2) is 25.0 Å². The van der Waals surface area contributed by atoms with Crippen molar-refractivity contribution in [2.45, 2.75) is 242 Å². The summed E-state index contributed by atoms with van der Waals surface area (Å²) in [5, 5.41) is 129. The van der Waals surface area contributed by atoms with E-state index in [0.29, 0.717) is 25.7 Å². The van der Waals surface area contributed by atoms with Crippen LogP contribution in [0.4, 0.5) is 0 Å². The van der Waals surface area contributed by atoms with Gasteiger partial charge in [-0.15, -0.1) is 0 Å². The zero-order valence-electron chi connectivity index (χ0n) is 46.3. The van der Waals surface area contributed by atoms with Gasteiger partial charge in [-0.3, -0.25) is 14.4 Å². The number of carboxylic acids is 1. The number of carboxylic acid groups (broad SMARTS) is 1. The highest BCUT2D eigenvalue weighted by Gasteiger charge is 2.71. The second kappa shape index (κ2) is 22.1. The Bertz CT molecular complexity index is 2270. The molecule has 9 rings (SSSR count). The number of aliphatic hydroxyl groups is 11. The Morgan fingerprint density at radius 1 is 0.646 bits per heavy atom. The van der Waals surface area contributed by atoms with Crippen molar-refractivity contribution in [1.29, 1.82) is 0 Å². The first kappa shape index (κ1) is 61.0. The molecule has 4 heterocycles. The molecule has 0 unspecified atom stereocenters. The van der Waals surface area contributed by atoms with Crippen LogP contribution in [0.25, 0.3) is 0 Å². The highest BCUT2D eigenvalue weighted by molar-refractivity contribution is 5.81. The number of hydrogen-bond acceptors (Lipinski definition) is 23. The maximum atomic E-state index is 15.2. The molecular formula is C55H86O24. The molecule has 79 heavy (non-hydrogen) atoms. The molecule has 0 aromatic rings. The van der Waals surface area contributed by atoms with E-state index in [1.54, 1.807) is 6.92 Å². The van der Waals surface area contributed by atoms with Gasteiger partial charge in [-0.1, -0.05) is 46.3 Å². The lowest BCUT2D eigenvalue weighted by Crippen LogP contribution is -2.66. The smallest absolute Gasteiger partial charge is 0.315 e. The third kappa shape index (κ3) is 10.1. The highest BCUT2D eigenvalue weighted by atomic mass is 16.8. The fourth-order valence-electron chi connectivity index (χ4n) is 16.4. The number of ether oxygens (including phenoxy) is 9. The van der Waals surface area contributed by atoms with Crippen LogP contribution < -0.4 is 0 Å². The fraction of sp³-hybridized carbons (Fsp3) is 0.909. The van der Waals surface area contributed by atoms with Crippen molar-refractivity contribution in [2.24, 2.45) is 50.2 Å². The van der Waals surface area contributed by atoms with Gasteiger partial charge in [0.2, 0.25) is 6.29 Å². The minimum absolute atomic E-state index is 0.121. The molecule has 0 aromatic carbocycles. The van der Waals surface area contributed by atoms with E-state index >= 15 is 4.79 Å². The van der Waals surface area contributed by atoms with Crippen LogP contribution in [0.5, 0.6) is 0 Å². The van der Waals surface area contributed by atoms with Crippen LogP contribution in [0.15, 0.2) is 11.6 Å². The Morgan fingerprint density at radius 2 is 1.29 bits per heavy atom. The molecule has 28 atom stereocenters. The summed E-state index contributed by atoms with van der Waals surface area (Å²) in [4.78, 5) is 40.4. The minimum atomic E-state index is -1.96.